The first-order valence-electron chi connectivity index (χ1n) is 6.67. The molecule has 0 aliphatic rings. The van der Waals surface area contributed by atoms with Crippen molar-refractivity contribution in [2.75, 3.05) is 27.2 Å². The van der Waals surface area contributed by atoms with Crippen molar-refractivity contribution < 1.29 is 4.79 Å². The first-order chi connectivity index (χ1) is 9.66. The molecule has 0 bridgehead atoms. The quantitative estimate of drug-likeness (QED) is 0.902. The minimum absolute atomic E-state index is 0.0774. The SMILES string of the molecule is CN(C)CCNC(=O)c1[c]cc(-c2ccccc2)cc1. The minimum Gasteiger partial charge on any atom is -0.351 e. The minimum atomic E-state index is -0.0774. The van der Waals surface area contributed by atoms with E-state index in [4.69, 9.17) is 0 Å². The van der Waals surface area contributed by atoms with Gasteiger partial charge in [0, 0.05) is 18.7 Å². The molecule has 1 N–H and O–H groups in total. The van der Waals surface area contributed by atoms with Crippen molar-refractivity contribution in [1.82, 2.24) is 10.2 Å². The van der Waals surface area contributed by atoms with Gasteiger partial charge in [-0.15, -0.1) is 0 Å². The van der Waals surface area contributed by atoms with Crippen molar-refractivity contribution in [2.24, 2.45) is 0 Å². The number of nitrogens with zero attached hydrogens (tertiary/aromatic N) is 1. The normalized spacial score (nSPS) is 10.6. The molecule has 0 aromatic heterocycles. The van der Waals surface area contributed by atoms with Crippen LogP contribution in [-0.2, 0) is 0 Å². The van der Waals surface area contributed by atoms with Gasteiger partial charge in [-0.1, -0.05) is 36.4 Å². The van der Waals surface area contributed by atoms with E-state index in [2.05, 4.69) is 11.4 Å². The second-order valence-corrected chi connectivity index (χ2v) is 4.92. The summed E-state index contributed by atoms with van der Waals surface area (Å²) in [5, 5.41) is 2.88. The monoisotopic (exact) mass is 267 g/mol. The van der Waals surface area contributed by atoms with E-state index in [0.29, 0.717) is 12.1 Å². The van der Waals surface area contributed by atoms with Crippen molar-refractivity contribution in [3.8, 4) is 11.1 Å². The summed E-state index contributed by atoms with van der Waals surface area (Å²) in [6, 6.07) is 18.7. The molecule has 2 aromatic carbocycles. The molecule has 2 rings (SSSR count). The molecular weight excluding hydrogens is 248 g/mol. The number of hydrogen-bond acceptors (Lipinski definition) is 2. The molecule has 0 unspecified atom stereocenters. The molecular formula is C17H19N2O. The Morgan fingerprint density at radius 1 is 1.10 bits per heavy atom. The lowest BCUT2D eigenvalue weighted by Crippen LogP contribution is -2.31. The lowest BCUT2D eigenvalue weighted by atomic mass is 10.0. The zero-order valence-corrected chi connectivity index (χ0v) is 11.9. The smallest absolute Gasteiger partial charge is 0.251 e. The Balaban J connectivity index is 1.99. The molecule has 0 saturated heterocycles. The number of hydrogen-bond donors (Lipinski definition) is 1. The summed E-state index contributed by atoms with van der Waals surface area (Å²) in [7, 11) is 3.96. The second kappa shape index (κ2) is 6.87. The number of benzene rings is 2. The Hall–Kier alpha value is -2.13. The van der Waals surface area contributed by atoms with Crippen LogP contribution in [0, 0.1) is 6.07 Å². The predicted molar refractivity (Wildman–Crippen MR) is 81.6 cm³/mol. The molecule has 0 spiro atoms. The number of carbonyl (C=O) groups is 1. The first-order valence-corrected chi connectivity index (χ1v) is 6.67. The highest BCUT2D eigenvalue weighted by molar-refractivity contribution is 5.94. The average molecular weight is 267 g/mol. The maximum Gasteiger partial charge on any atom is 0.251 e. The maximum atomic E-state index is 11.9. The van der Waals surface area contributed by atoms with Crippen LogP contribution in [0.2, 0.25) is 0 Å². The van der Waals surface area contributed by atoms with Crippen LogP contribution in [0.1, 0.15) is 10.4 Å². The van der Waals surface area contributed by atoms with E-state index in [9.17, 15) is 4.79 Å². The summed E-state index contributed by atoms with van der Waals surface area (Å²) in [6.45, 7) is 1.47. The summed E-state index contributed by atoms with van der Waals surface area (Å²) >= 11 is 0. The van der Waals surface area contributed by atoms with Crippen LogP contribution in [0.4, 0.5) is 0 Å². The number of likely N-dealkylation sites (N-methyl/N-ethyl adjacent to an activating group) is 1. The average Bonchev–Trinajstić information content (AvgIpc) is 2.48. The van der Waals surface area contributed by atoms with Gasteiger partial charge in [-0.3, -0.25) is 4.79 Å². The van der Waals surface area contributed by atoms with Gasteiger partial charge in [0.05, 0.1) is 0 Å². The van der Waals surface area contributed by atoms with E-state index in [1.165, 1.54) is 0 Å². The molecule has 0 atom stereocenters. The Morgan fingerprint density at radius 2 is 1.85 bits per heavy atom. The zero-order valence-electron chi connectivity index (χ0n) is 11.9. The molecule has 0 aliphatic carbocycles. The van der Waals surface area contributed by atoms with Crippen molar-refractivity contribution in [3.05, 3.63) is 60.2 Å². The van der Waals surface area contributed by atoms with Crippen molar-refractivity contribution in [3.63, 3.8) is 0 Å². The van der Waals surface area contributed by atoms with Gasteiger partial charge in [-0.2, -0.15) is 0 Å². The summed E-state index contributed by atoms with van der Waals surface area (Å²) in [4.78, 5) is 13.9. The van der Waals surface area contributed by atoms with E-state index in [0.717, 1.165) is 17.7 Å². The second-order valence-electron chi connectivity index (χ2n) is 4.92. The Kier molecular flexibility index (Phi) is 4.91. The van der Waals surface area contributed by atoms with E-state index < -0.39 is 0 Å². The Bertz CT molecular complexity index is 547. The standard InChI is InChI=1S/C17H19N2O/c1-19(2)13-12-18-17(20)16-10-8-15(9-11-16)14-6-4-3-5-7-14/h3-10H,12-13H2,1-2H3,(H,18,20). The van der Waals surface area contributed by atoms with Crippen LogP contribution in [0.15, 0.2) is 48.5 Å². The zero-order chi connectivity index (χ0) is 14.4. The van der Waals surface area contributed by atoms with Crippen LogP contribution in [0.25, 0.3) is 11.1 Å². The fourth-order valence-corrected chi connectivity index (χ4v) is 1.86. The third-order valence-corrected chi connectivity index (χ3v) is 3.01. The van der Waals surface area contributed by atoms with Crippen LogP contribution in [0.5, 0.6) is 0 Å². The molecule has 3 nitrogen and oxygen atoms in total. The molecule has 103 valence electrons. The van der Waals surface area contributed by atoms with E-state index in [1.54, 1.807) is 0 Å². The Labute approximate surface area is 120 Å². The van der Waals surface area contributed by atoms with Crippen molar-refractivity contribution >= 4 is 5.91 Å². The molecule has 0 heterocycles. The van der Waals surface area contributed by atoms with Crippen molar-refractivity contribution in [2.45, 2.75) is 0 Å². The van der Waals surface area contributed by atoms with Gasteiger partial charge in [0.1, 0.15) is 0 Å². The highest BCUT2D eigenvalue weighted by Crippen LogP contribution is 2.18. The number of nitrogens with one attached hydrogen (secondary N) is 1. The van der Waals surface area contributed by atoms with E-state index >= 15 is 0 Å². The number of rotatable bonds is 5. The molecule has 20 heavy (non-hydrogen) atoms. The molecule has 3 heteroatoms. The fraction of sp³-hybridized carbons (Fsp3) is 0.235. The topological polar surface area (TPSA) is 32.3 Å². The largest absolute Gasteiger partial charge is 0.351 e. The van der Waals surface area contributed by atoms with Gasteiger partial charge in [0.15, 0.2) is 0 Å². The van der Waals surface area contributed by atoms with E-state index in [-0.39, 0.29) is 5.91 Å². The maximum absolute atomic E-state index is 11.9. The summed E-state index contributed by atoms with van der Waals surface area (Å²) in [5.74, 6) is -0.0774. The molecule has 0 aliphatic heterocycles. The Morgan fingerprint density at radius 3 is 2.45 bits per heavy atom. The van der Waals surface area contributed by atoms with Crippen LogP contribution in [0.3, 0.4) is 0 Å². The molecule has 1 amide bonds. The summed E-state index contributed by atoms with van der Waals surface area (Å²) in [5.41, 5.74) is 2.77. The van der Waals surface area contributed by atoms with Crippen LogP contribution < -0.4 is 5.32 Å². The van der Waals surface area contributed by atoms with Gasteiger partial charge in [0.25, 0.3) is 5.91 Å². The van der Waals surface area contributed by atoms with Crippen LogP contribution in [-0.4, -0.2) is 38.0 Å². The number of carbonyl (C=O) groups excluding carboxylic acids is 1. The third-order valence-electron chi connectivity index (χ3n) is 3.01. The highest BCUT2D eigenvalue weighted by atomic mass is 16.1. The molecule has 0 saturated carbocycles. The van der Waals surface area contributed by atoms with E-state index in [1.807, 2.05) is 67.5 Å². The van der Waals surface area contributed by atoms with Gasteiger partial charge in [-0.05, 0) is 43.4 Å². The van der Waals surface area contributed by atoms with Gasteiger partial charge in [-0.25, -0.2) is 0 Å². The summed E-state index contributed by atoms with van der Waals surface area (Å²) < 4.78 is 0. The predicted octanol–water partition coefficient (Wildman–Crippen LogP) is 2.45. The van der Waals surface area contributed by atoms with Gasteiger partial charge in [0.2, 0.25) is 0 Å². The third kappa shape index (κ3) is 3.93. The fourth-order valence-electron chi connectivity index (χ4n) is 1.86. The molecule has 0 fully saturated rings. The van der Waals surface area contributed by atoms with Gasteiger partial charge >= 0.3 is 0 Å². The highest BCUT2D eigenvalue weighted by Gasteiger charge is 2.05. The lowest BCUT2D eigenvalue weighted by Gasteiger charge is -2.10. The van der Waals surface area contributed by atoms with Crippen LogP contribution >= 0.6 is 0 Å². The van der Waals surface area contributed by atoms with Gasteiger partial charge < -0.3 is 10.2 Å². The molecule has 1 radical (unpaired) electrons. The summed E-state index contributed by atoms with van der Waals surface area (Å²) in [6.07, 6.45) is 0. The number of amides is 1. The molecule has 2 aromatic rings. The lowest BCUT2D eigenvalue weighted by molar-refractivity contribution is 0.0951. The first kappa shape index (κ1) is 14.3. The van der Waals surface area contributed by atoms with Crippen molar-refractivity contribution in [1.29, 1.82) is 0 Å².